The SMILES string of the molecule is [2H]c1c([2H])c([2H])c(-c2nc(-c3ccc(-c4ccccc4)cc3)nc(-c3cc(-n4c5ccccc5c5ccccc54)cc4c3oc3ccc(-c5c([2H])c([2H])c([2H])c(-c6ccccc6)c5[2H])cc34)n2)c([2H])c1[2H]. The van der Waals surface area contributed by atoms with Gasteiger partial charge >= 0.3 is 0 Å². The number of para-hydroxylation sites is 2. The molecule has 0 saturated carbocycles. The summed E-state index contributed by atoms with van der Waals surface area (Å²) in [7, 11) is 0. The lowest BCUT2D eigenvalue weighted by Crippen LogP contribution is -2.01. The number of furan rings is 1. The van der Waals surface area contributed by atoms with Crippen LogP contribution in [0.5, 0.6) is 0 Å². The van der Waals surface area contributed by atoms with Crippen LogP contribution in [0.15, 0.2) is 223 Å². The first kappa shape index (κ1) is 27.4. The predicted octanol–water partition coefficient (Wildman–Crippen LogP) is 14.9. The fraction of sp³-hybridized carbons (Fsp3) is 0. The molecule has 290 valence electrons. The van der Waals surface area contributed by atoms with Crippen LogP contribution in [-0.2, 0) is 0 Å². The predicted molar refractivity (Wildman–Crippen MR) is 254 cm³/mol. The fourth-order valence-corrected chi connectivity index (χ4v) is 8.29. The van der Waals surface area contributed by atoms with Crippen molar-refractivity contribution in [1.82, 2.24) is 19.5 Å². The van der Waals surface area contributed by atoms with Gasteiger partial charge in [-0.1, -0.05) is 176 Å². The van der Waals surface area contributed by atoms with Gasteiger partial charge in [0.1, 0.15) is 11.2 Å². The van der Waals surface area contributed by atoms with Crippen LogP contribution in [0.2, 0.25) is 0 Å². The Morgan fingerprint density at radius 2 is 0.919 bits per heavy atom. The van der Waals surface area contributed by atoms with E-state index >= 15 is 0 Å². The van der Waals surface area contributed by atoms with Gasteiger partial charge in [0.05, 0.1) is 28.9 Å². The maximum atomic E-state index is 9.44. The molecule has 3 heterocycles. The van der Waals surface area contributed by atoms with E-state index in [-0.39, 0.29) is 58.3 Å². The molecule has 0 aliphatic carbocycles. The van der Waals surface area contributed by atoms with Gasteiger partial charge in [-0.15, -0.1) is 0 Å². The van der Waals surface area contributed by atoms with Gasteiger partial charge in [-0.05, 0) is 75.8 Å². The van der Waals surface area contributed by atoms with Gasteiger partial charge < -0.3 is 8.98 Å². The molecule has 0 N–H and O–H groups in total. The number of aromatic nitrogens is 4. The van der Waals surface area contributed by atoms with Crippen LogP contribution >= 0.6 is 0 Å². The maximum Gasteiger partial charge on any atom is 0.167 e. The molecule has 0 atom stereocenters. The zero-order valence-electron chi connectivity index (χ0n) is 41.8. The van der Waals surface area contributed by atoms with Gasteiger partial charge in [-0.25, -0.2) is 15.0 Å². The van der Waals surface area contributed by atoms with Crippen molar-refractivity contribution >= 4 is 43.7 Å². The minimum atomic E-state index is -0.544. The standard InChI is InChI=1S/C57H36N4O/c1-4-15-37(16-5-1)39-27-29-41(30-28-39)56-58-55(40-19-8-3-9-20-40)59-57(60-56)50-36-45(61-51-25-12-10-23-46(51)47-24-11-13-26-52(47)61)35-49-48-34-44(31-32-53(48)62-54(49)50)43-22-14-21-42(33-43)38-17-6-2-7-18-38/h1-36H/i3D,8D,9D,14D,19D,20D,21D,22D,33D. The molecule has 0 fully saturated rings. The molecule has 3 aromatic heterocycles. The van der Waals surface area contributed by atoms with Crippen LogP contribution in [0.4, 0.5) is 0 Å². The van der Waals surface area contributed by atoms with E-state index in [1.807, 2.05) is 127 Å². The zero-order chi connectivity index (χ0) is 48.8. The summed E-state index contributed by atoms with van der Waals surface area (Å²) in [5, 5.41) is 3.30. The third-order valence-electron chi connectivity index (χ3n) is 11.2. The van der Waals surface area contributed by atoms with E-state index < -0.39 is 30.2 Å². The molecule has 0 aliphatic heterocycles. The van der Waals surface area contributed by atoms with E-state index in [0.29, 0.717) is 49.9 Å². The average molecular weight is 802 g/mol. The van der Waals surface area contributed by atoms with Gasteiger partial charge in [-0.2, -0.15) is 0 Å². The maximum absolute atomic E-state index is 9.44. The zero-order valence-corrected chi connectivity index (χ0v) is 32.8. The van der Waals surface area contributed by atoms with E-state index in [1.54, 1.807) is 24.3 Å². The average Bonchev–Trinajstić information content (AvgIpc) is 3.95. The first-order chi connectivity index (χ1) is 34.5. The number of fused-ring (bicyclic) bond motifs is 6. The van der Waals surface area contributed by atoms with E-state index in [0.717, 1.165) is 32.9 Å². The number of benzene rings is 9. The van der Waals surface area contributed by atoms with Crippen molar-refractivity contribution < 1.29 is 16.8 Å². The number of hydrogen-bond acceptors (Lipinski definition) is 4. The lowest BCUT2D eigenvalue weighted by atomic mass is 9.97. The van der Waals surface area contributed by atoms with Crippen molar-refractivity contribution in [2.75, 3.05) is 0 Å². The number of hydrogen-bond donors (Lipinski definition) is 0. The molecule has 0 saturated heterocycles. The Kier molecular flexibility index (Phi) is 6.49. The first-order valence-electron chi connectivity index (χ1n) is 24.6. The molecule has 0 aliphatic rings. The lowest BCUT2D eigenvalue weighted by molar-refractivity contribution is 0.669. The van der Waals surface area contributed by atoms with Crippen LogP contribution in [0, 0.1) is 0 Å². The van der Waals surface area contributed by atoms with Crippen LogP contribution in [0.1, 0.15) is 12.3 Å². The first-order valence-corrected chi connectivity index (χ1v) is 20.1. The topological polar surface area (TPSA) is 56.7 Å². The van der Waals surface area contributed by atoms with Crippen molar-refractivity contribution in [3.05, 3.63) is 218 Å². The Balaban J connectivity index is 1.16. The van der Waals surface area contributed by atoms with Crippen LogP contribution in [-0.4, -0.2) is 19.5 Å². The quantitative estimate of drug-likeness (QED) is 0.161. The number of nitrogens with zero attached hydrogens (tertiary/aromatic N) is 4. The monoisotopic (exact) mass is 801 g/mol. The summed E-state index contributed by atoms with van der Waals surface area (Å²) in [5.41, 5.74) is 7.69. The summed E-state index contributed by atoms with van der Waals surface area (Å²) in [6.45, 7) is 0. The van der Waals surface area contributed by atoms with E-state index in [2.05, 4.69) is 16.7 Å². The molecule has 0 bridgehead atoms. The minimum absolute atomic E-state index is 0.0456. The van der Waals surface area contributed by atoms with Crippen molar-refractivity contribution in [2.45, 2.75) is 0 Å². The van der Waals surface area contributed by atoms with Crippen LogP contribution in [0.25, 0.3) is 117 Å². The van der Waals surface area contributed by atoms with Crippen molar-refractivity contribution in [1.29, 1.82) is 0 Å². The molecule has 12 aromatic rings. The highest BCUT2D eigenvalue weighted by molar-refractivity contribution is 6.13. The second kappa shape index (κ2) is 14.7. The summed E-state index contributed by atoms with van der Waals surface area (Å²) in [6, 6.07) is 48.8. The molecule has 5 heteroatoms. The summed E-state index contributed by atoms with van der Waals surface area (Å²) in [4.78, 5) is 14.9. The molecule has 12 rings (SSSR count). The largest absolute Gasteiger partial charge is 0.455 e. The molecule has 0 radical (unpaired) electrons. The van der Waals surface area contributed by atoms with Crippen LogP contribution < -0.4 is 0 Å². The van der Waals surface area contributed by atoms with Crippen LogP contribution in [0.3, 0.4) is 0 Å². The Morgan fingerprint density at radius 3 is 1.61 bits per heavy atom. The molecular weight excluding hydrogens is 757 g/mol. The highest BCUT2D eigenvalue weighted by Gasteiger charge is 2.22. The van der Waals surface area contributed by atoms with Crippen molar-refractivity contribution in [3.8, 4) is 73.2 Å². The van der Waals surface area contributed by atoms with E-state index in [9.17, 15) is 1.37 Å². The Labute approximate surface area is 370 Å². The molecule has 62 heavy (non-hydrogen) atoms. The minimum Gasteiger partial charge on any atom is -0.455 e. The lowest BCUT2D eigenvalue weighted by Gasteiger charge is -2.13. The number of rotatable bonds is 7. The summed E-state index contributed by atoms with van der Waals surface area (Å²) >= 11 is 0. The summed E-state index contributed by atoms with van der Waals surface area (Å²) in [6.07, 6.45) is 0. The van der Waals surface area contributed by atoms with Gasteiger partial charge in [0.15, 0.2) is 17.5 Å². The Hall–Kier alpha value is -8.41. The highest BCUT2D eigenvalue weighted by atomic mass is 16.3. The second-order valence-corrected chi connectivity index (χ2v) is 14.9. The summed E-state index contributed by atoms with van der Waals surface area (Å²) < 4.78 is 88.7. The summed E-state index contributed by atoms with van der Waals surface area (Å²) in [5.74, 6) is 0.164. The fourth-order valence-electron chi connectivity index (χ4n) is 8.29. The normalized spacial score (nSPS) is 13.6. The van der Waals surface area contributed by atoms with Gasteiger partial charge in [-0.3, -0.25) is 0 Å². The third kappa shape index (κ3) is 6.14. The Morgan fingerprint density at radius 1 is 0.387 bits per heavy atom. The molecule has 9 aromatic carbocycles. The second-order valence-electron chi connectivity index (χ2n) is 14.9. The third-order valence-corrected chi connectivity index (χ3v) is 11.2. The highest BCUT2D eigenvalue weighted by Crippen LogP contribution is 2.42. The molecule has 0 unspecified atom stereocenters. The molecule has 0 amide bonds. The van der Waals surface area contributed by atoms with Gasteiger partial charge in [0.2, 0.25) is 0 Å². The van der Waals surface area contributed by atoms with E-state index in [4.69, 9.17) is 30.3 Å². The van der Waals surface area contributed by atoms with Gasteiger partial charge in [0.25, 0.3) is 0 Å². The molecule has 5 nitrogen and oxygen atoms in total. The Bertz CT molecular complexity index is 4080. The molecular formula is C57H36N4O. The van der Waals surface area contributed by atoms with Gasteiger partial charge in [0, 0.05) is 38.4 Å². The molecule has 0 spiro atoms. The smallest absolute Gasteiger partial charge is 0.167 e. The van der Waals surface area contributed by atoms with Crippen molar-refractivity contribution in [2.24, 2.45) is 0 Å². The van der Waals surface area contributed by atoms with E-state index in [1.165, 1.54) is 0 Å². The van der Waals surface area contributed by atoms with Crippen molar-refractivity contribution in [3.63, 3.8) is 0 Å².